The molecule has 100 valence electrons. The quantitative estimate of drug-likeness (QED) is 0.884. The second-order valence-electron chi connectivity index (χ2n) is 4.69. The maximum Gasteiger partial charge on any atom is 0.356 e. The van der Waals surface area contributed by atoms with E-state index in [4.69, 9.17) is 0 Å². The number of carbonyl (C=O) groups is 1. The Balaban J connectivity index is 2.22. The number of aryl methyl sites for hydroxylation is 1. The van der Waals surface area contributed by atoms with Gasteiger partial charge in [-0.25, -0.2) is 9.78 Å². The number of aliphatic hydroxyl groups is 1. The monoisotopic (exact) mass is 278 g/mol. The minimum atomic E-state index is -1.03. The Bertz CT molecular complexity index is 644. The third-order valence-corrected chi connectivity index (χ3v) is 4.34. The van der Waals surface area contributed by atoms with Crippen LogP contribution >= 0.6 is 11.3 Å². The highest BCUT2D eigenvalue weighted by molar-refractivity contribution is 7.15. The van der Waals surface area contributed by atoms with Crippen LogP contribution in [0.25, 0.3) is 10.7 Å². The summed E-state index contributed by atoms with van der Waals surface area (Å²) in [6, 6.07) is 3.89. The van der Waals surface area contributed by atoms with Gasteiger partial charge in [0.05, 0.1) is 10.6 Å². The number of fused-ring (bicyclic) bond motifs is 1. The van der Waals surface area contributed by atoms with Crippen LogP contribution in [0.4, 0.5) is 0 Å². The number of aromatic carboxylic acids is 1. The number of hydrogen-bond acceptors (Lipinski definition) is 4. The minimum Gasteiger partial charge on any atom is -0.476 e. The molecule has 0 bridgehead atoms. The molecule has 1 atom stereocenters. The van der Waals surface area contributed by atoms with Crippen molar-refractivity contribution < 1.29 is 15.0 Å². The van der Waals surface area contributed by atoms with Gasteiger partial charge in [0.2, 0.25) is 0 Å². The zero-order chi connectivity index (χ0) is 13.6. The first-order valence-electron chi connectivity index (χ1n) is 6.17. The SMILES string of the molecule is Cc1ccc(-c2nc(C(=O)O)c3n2C(O)CCC3)s1. The molecule has 0 fully saturated rings. The van der Waals surface area contributed by atoms with Crippen molar-refractivity contribution in [1.82, 2.24) is 9.55 Å². The van der Waals surface area contributed by atoms with E-state index < -0.39 is 12.2 Å². The van der Waals surface area contributed by atoms with Gasteiger partial charge in [-0.3, -0.25) is 0 Å². The average molecular weight is 278 g/mol. The molecule has 0 aromatic carbocycles. The second kappa shape index (κ2) is 4.47. The third-order valence-electron chi connectivity index (χ3n) is 3.35. The number of carboxylic acids is 1. The number of imidazole rings is 1. The standard InChI is InChI=1S/C13H14N2O3S/c1-7-5-6-9(19-7)12-14-11(13(17)18)8-3-2-4-10(16)15(8)12/h5-6,10,16H,2-4H2,1H3,(H,17,18). The van der Waals surface area contributed by atoms with Gasteiger partial charge in [0.25, 0.3) is 0 Å². The number of thiophene rings is 1. The van der Waals surface area contributed by atoms with Gasteiger partial charge in [-0.05, 0) is 38.3 Å². The summed E-state index contributed by atoms with van der Waals surface area (Å²) in [5, 5.41) is 19.4. The molecule has 19 heavy (non-hydrogen) atoms. The van der Waals surface area contributed by atoms with Gasteiger partial charge in [0.1, 0.15) is 6.23 Å². The van der Waals surface area contributed by atoms with Crippen LogP contribution in [0.15, 0.2) is 12.1 Å². The maximum absolute atomic E-state index is 11.3. The molecule has 1 unspecified atom stereocenters. The minimum absolute atomic E-state index is 0.0693. The molecule has 2 aromatic rings. The molecule has 6 heteroatoms. The highest BCUT2D eigenvalue weighted by atomic mass is 32.1. The van der Waals surface area contributed by atoms with Crippen molar-refractivity contribution in [1.29, 1.82) is 0 Å². The molecule has 5 nitrogen and oxygen atoms in total. The summed E-state index contributed by atoms with van der Waals surface area (Å²) in [6.45, 7) is 1.99. The van der Waals surface area contributed by atoms with Crippen LogP contribution in [0.1, 0.15) is 40.1 Å². The van der Waals surface area contributed by atoms with Gasteiger partial charge >= 0.3 is 5.97 Å². The molecular formula is C13H14N2O3S. The van der Waals surface area contributed by atoms with E-state index in [2.05, 4.69) is 4.98 Å². The van der Waals surface area contributed by atoms with Gasteiger partial charge < -0.3 is 14.8 Å². The van der Waals surface area contributed by atoms with E-state index in [0.29, 0.717) is 24.4 Å². The Hall–Kier alpha value is -1.66. The molecule has 0 aliphatic carbocycles. The average Bonchev–Trinajstić information content (AvgIpc) is 2.93. The Labute approximate surface area is 114 Å². The number of nitrogens with zero attached hydrogens (tertiary/aromatic N) is 2. The Morgan fingerprint density at radius 1 is 1.53 bits per heavy atom. The molecular weight excluding hydrogens is 264 g/mol. The zero-order valence-corrected chi connectivity index (χ0v) is 11.3. The van der Waals surface area contributed by atoms with Gasteiger partial charge in [-0.15, -0.1) is 11.3 Å². The van der Waals surface area contributed by atoms with Crippen molar-refractivity contribution in [2.45, 2.75) is 32.4 Å². The molecule has 2 N–H and O–H groups in total. The second-order valence-corrected chi connectivity index (χ2v) is 5.98. The van der Waals surface area contributed by atoms with Crippen molar-refractivity contribution in [2.24, 2.45) is 0 Å². The molecule has 0 saturated carbocycles. The van der Waals surface area contributed by atoms with Gasteiger partial charge in [-0.1, -0.05) is 0 Å². The van der Waals surface area contributed by atoms with E-state index in [1.54, 1.807) is 15.9 Å². The number of carboxylic acid groups (broad SMARTS) is 1. The van der Waals surface area contributed by atoms with Crippen molar-refractivity contribution in [3.8, 4) is 10.7 Å². The van der Waals surface area contributed by atoms with Crippen LogP contribution in [0, 0.1) is 6.92 Å². The predicted octanol–water partition coefficient (Wildman–Crippen LogP) is 2.45. The van der Waals surface area contributed by atoms with Crippen LogP contribution in [0.5, 0.6) is 0 Å². The number of rotatable bonds is 2. The van der Waals surface area contributed by atoms with E-state index >= 15 is 0 Å². The molecule has 0 spiro atoms. The third kappa shape index (κ3) is 1.97. The highest BCUT2D eigenvalue weighted by Gasteiger charge is 2.29. The summed E-state index contributed by atoms with van der Waals surface area (Å²) in [5.74, 6) is -0.463. The van der Waals surface area contributed by atoms with E-state index in [0.717, 1.165) is 16.2 Å². The van der Waals surface area contributed by atoms with Crippen molar-refractivity contribution >= 4 is 17.3 Å². The van der Waals surface area contributed by atoms with Crippen molar-refractivity contribution in [3.05, 3.63) is 28.4 Å². The molecule has 3 rings (SSSR count). The lowest BCUT2D eigenvalue weighted by molar-refractivity contribution is 0.0678. The summed E-state index contributed by atoms with van der Waals surface area (Å²) in [4.78, 5) is 17.5. The number of aliphatic hydroxyl groups excluding tert-OH is 1. The molecule has 0 amide bonds. The summed E-state index contributed by atoms with van der Waals surface area (Å²) in [7, 11) is 0. The van der Waals surface area contributed by atoms with Crippen LogP contribution in [0.3, 0.4) is 0 Å². The van der Waals surface area contributed by atoms with E-state index in [1.807, 2.05) is 19.1 Å². The van der Waals surface area contributed by atoms with Gasteiger partial charge in [0, 0.05) is 4.88 Å². The van der Waals surface area contributed by atoms with E-state index in [9.17, 15) is 15.0 Å². The van der Waals surface area contributed by atoms with Gasteiger partial charge in [-0.2, -0.15) is 0 Å². The Morgan fingerprint density at radius 2 is 2.32 bits per heavy atom. The lowest BCUT2D eigenvalue weighted by Crippen LogP contribution is -2.19. The normalized spacial score (nSPS) is 18.3. The molecule has 1 aliphatic rings. The smallest absolute Gasteiger partial charge is 0.356 e. The van der Waals surface area contributed by atoms with E-state index in [1.165, 1.54) is 0 Å². The van der Waals surface area contributed by atoms with Gasteiger partial charge in [0.15, 0.2) is 11.5 Å². The summed E-state index contributed by atoms with van der Waals surface area (Å²) < 4.78 is 1.68. The number of hydrogen-bond donors (Lipinski definition) is 2. The fourth-order valence-electron chi connectivity index (χ4n) is 2.51. The van der Waals surface area contributed by atoms with Crippen LogP contribution in [0.2, 0.25) is 0 Å². The van der Waals surface area contributed by atoms with Crippen LogP contribution in [-0.2, 0) is 6.42 Å². The maximum atomic E-state index is 11.3. The highest BCUT2D eigenvalue weighted by Crippen LogP contribution is 2.35. The predicted molar refractivity (Wildman–Crippen MR) is 71.4 cm³/mol. The first-order valence-corrected chi connectivity index (χ1v) is 6.99. The summed E-state index contributed by atoms with van der Waals surface area (Å²) in [6.07, 6.45) is 1.40. The molecule has 1 aliphatic heterocycles. The fourth-order valence-corrected chi connectivity index (χ4v) is 3.36. The van der Waals surface area contributed by atoms with Crippen molar-refractivity contribution in [3.63, 3.8) is 0 Å². The Kier molecular flexibility index (Phi) is 2.91. The Morgan fingerprint density at radius 3 is 2.95 bits per heavy atom. The van der Waals surface area contributed by atoms with E-state index in [-0.39, 0.29) is 5.69 Å². The van der Waals surface area contributed by atoms with Crippen LogP contribution in [-0.4, -0.2) is 25.7 Å². The lowest BCUT2D eigenvalue weighted by Gasteiger charge is -2.22. The van der Waals surface area contributed by atoms with Crippen LogP contribution < -0.4 is 0 Å². The first-order chi connectivity index (χ1) is 9.08. The summed E-state index contributed by atoms with van der Waals surface area (Å²) >= 11 is 1.55. The lowest BCUT2D eigenvalue weighted by atomic mass is 10.1. The molecule has 0 radical (unpaired) electrons. The fraction of sp³-hybridized carbons (Fsp3) is 0.385. The molecule has 3 heterocycles. The number of aromatic nitrogens is 2. The molecule has 0 saturated heterocycles. The van der Waals surface area contributed by atoms with Crippen molar-refractivity contribution in [2.75, 3.05) is 0 Å². The first kappa shape index (κ1) is 12.4. The topological polar surface area (TPSA) is 75.3 Å². The molecule has 2 aromatic heterocycles. The zero-order valence-electron chi connectivity index (χ0n) is 10.5. The summed E-state index contributed by atoms with van der Waals surface area (Å²) in [5.41, 5.74) is 0.701. The largest absolute Gasteiger partial charge is 0.476 e.